The number of hydrogen-bond donors (Lipinski definition) is 2. The van der Waals surface area contributed by atoms with Gasteiger partial charge in [0.1, 0.15) is 0 Å². The molecule has 0 saturated heterocycles. The Hall–Kier alpha value is -2.21. The topological polar surface area (TPSA) is 85.7 Å². The predicted octanol–water partition coefficient (Wildman–Crippen LogP) is 2.02. The van der Waals surface area contributed by atoms with Gasteiger partial charge in [0, 0.05) is 5.56 Å². The number of nitrogens with two attached hydrogens (primary N) is 1. The standard InChI is InChI=1S/C12H13ClN4O2/c1-7-6-17(12(14)16-7)15-5-8-3-4-9(18)11(19-2)10(8)13/h3-6,18H,1-2H3,(H2,14,16). The Morgan fingerprint density at radius 1 is 1.53 bits per heavy atom. The first-order valence-electron chi connectivity index (χ1n) is 5.44. The third kappa shape index (κ3) is 2.63. The van der Waals surface area contributed by atoms with Crippen LogP contribution >= 0.6 is 11.6 Å². The number of aromatic nitrogens is 2. The zero-order valence-corrected chi connectivity index (χ0v) is 11.2. The molecule has 3 N–H and O–H groups in total. The van der Waals surface area contributed by atoms with Crippen LogP contribution in [0, 0.1) is 6.92 Å². The number of aryl methyl sites for hydroxylation is 1. The van der Waals surface area contributed by atoms with E-state index in [2.05, 4.69) is 10.1 Å². The third-order valence-corrected chi connectivity index (χ3v) is 2.86. The fourth-order valence-electron chi connectivity index (χ4n) is 1.58. The Morgan fingerprint density at radius 2 is 2.26 bits per heavy atom. The number of nitrogens with zero attached hydrogens (tertiary/aromatic N) is 3. The maximum atomic E-state index is 9.56. The minimum Gasteiger partial charge on any atom is -0.504 e. The lowest BCUT2D eigenvalue weighted by molar-refractivity contribution is 0.373. The summed E-state index contributed by atoms with van der Waals surface area (Å²) in [4.78, 5) is 4.02. The molecule has 0 unspecified atom stereocenters. The van der Waals surface area contributed by atoms with Crippen LogP contribution < -0.4 is 10.5 Å². The van der Waals surface area contributed by atoms with Crippen LogP contribution in [0.1, 0.15) is 11.3 Å². The van der Waals surface area contributed by atoms with Crippen molar-refractivity contribution >= 4 is 23.8 Å². The number of hydrogen-bond acceptors (Lipinski definition) is 5. The summed E-state index contributed by atoms with van der Waals surface area (Å²) in [6.45, 7) is 1.82. The molecule has 100 valence electrons. The highest BCUT2D eigenvalue weighted by Gasteiger charge is 2.10. The number of rotatable bonds is 3. The zero-order valence-electron chi connectivity index (χ0n) is 10.5. The first-order valence-corrected chi connectivity index (χ1v) is 5.82. The summed E-state index contributed by atoms with van der Waals surface area (Å²) in [7, 11) is 1.43. The maximum Gasteiger partial charge on any atom is 0.221 e. The normalized spacial score (nSPS) is 11.1. The van der Waals surface area contributed by atoms with Gasteiger partial charge in [0.2, 0.25) is 5.95 Å². The van der Waals surface area contributed by atoms with Crippen molar-refractivity contribution < 1.29 is 9.84 Å². The van der Waals surface area contributed by atoms with Crippen molar-refractivity contribution in [3.8, 4) is 11.5 Å². The molecule has 0 saturated carbocycles. The number of nitrogen functional groups attached to an aromatic ring is 1. The Morgan fingerprint density at radius 3 is 2.84 bits per heavy atom. The van der Waals surface area contributed by atoms with E-state index < -0.39 is 0 Å². The first-order chi connectivity index (χ1) is 9.02. The molecule has 0 bridgehead atoms. The van der Waals surface area contributed by atoms with Crippen LogP contribution in [0.3, 0.4) is 0 Å². The first kappa shape index (κ1) is 13.2. The third-order valence-electron chi connectivity index (χ3n) is 2.47. The molecule has 2 rings (SSSR count). The van der Waals surface area contributed by atoms with Gasteiger partial charge in [-0.1, -0.05) is 11.6 Å². The molecular formula is C12H13ClN4O2. The molecular weight excluding hydrogens is 268 g/mol. The molecule has 6 nitrogen and oxygen atoms in total. The second-order valence-electron chi connectivity index (χ2n) is 3.85. The number of benzene rings is 1. The lowest BCUT2D eigenvalue weighted by Gasteiger charge is -2.07. The smallest absolute Gasteiger partial charge is 0.221 e. The number of halogens is 1. The molecule has 0 radical (unpaired) electrons. The summed E-state index contributed by atoms with van der Waals surface area (Å²) < 4.78 is 6.44. The average Bonchev–Trinajstić information content (AvgIpc) is 2.67. The molecule has 0 atom stereocenters. The number of phenols is 1. The van der Waals surface area contributed by atoms with E-state index in [1.807, 2.05) is 6.92 Å². The molecule has 0 aliphatic carbocycles. The van der Waals surface area contributed by atoms with Crippen molar-refractivity contribution in [2.24, 2.45) is 5.10 Å². The SMILES string of the molecule is COc1c(O)ccc(C=Nn2cc(C)nc2N)c1Cl. The van der Waals surface area contributed by atoms with Crippen LogP contribution in [-0.4, -0.2) is 28.1 Å². The van der Waals surface area contributed by atoms with E-state index in [0.717, 1.165) is 5.69 Å². The molecule has 1 aromatic heterocycles. The highest BCUT2D eigenvalue weighted by molar-refractivity contribution is 6.34. The Labute approximate surface area is 115 Å². The van der Waals surface area contributed by atoms with Crippen molar-refractivity contribution in [1.82, 2.24) is 9.66 Å². The van der Waals surface area contributed by atoms with Gasteiger partial charge in [-0.3, -0.25) is 0 Å². The largest absolute Gasteiger partial charge is 0.504 e. The maximum absolute atomic E-state index is 9.56. The molecule has 0 aliphatic rings. The van der Waals surface area contributed by atoms with E-state index in [-0.39, 0.29) is 22.5 Å². The lowest BCUT2D eigenvalue weighted by atomic mass is 10.2. The van der Waals surface area contributed by atoms with Gasteiger partial charge in [-0.2, -0.15) is 5.10 Å². The molecule has 2 aromatic rings. The fourth-order valence-corrected chi connectivity index (χ4v) is 1.86. The van der Waals surface area contributed by atoms with Crippen LogP contribution in [0.4, 0.5) is 5.95 Å². The quantitative estimate of drug-likeness (QED) is 0.842. The van der Waals surface area contributed by atoms with Gasteiger partial charge in [0.15, 0.2) is 11.5 Å². The van der Waals surface area contributed by atoms with E-state index in [1.165, 1.54) is 24.1 Å². The van der Waals surface area contributed by atoms with Gasteiger partial charge < -0.3 is 15.6 Å². The summed E-state index contributed by atoms with van der Waals surface area (Å²) in [5, 5.41) is 14.0. The molecule has 0 amide bonds. The van der Waals surface area contributed by atoms with Crippen LogP contribution in [-0.2, 0) is 0 Å². The van der Waals surface area contributed by atoms with Gasteiger partial charge in [-0.25, -0.2) is 9.66 Å². The van der Waals surface area contributed by atoms with Crippen LogP contribution in [0.5, 0.6) is 11.5 Å². The van der Waals surface area contributed by atoms with Crippen LogP contribution in [0.15, 0.2) is 23.4 Å². The highest BCUT2D eigenvalue weighted by atomic mass is 35.5. The Balaban J connectivity index is 2.36. The van der Waals surface area contributed by atoms with Crippen molar-refractivity contribution in [2.75, 3.05) is 12.8 Å². The number of aromatic hydroxyl groups is 1. The predicted molar refractivity (Wildman–Crippen MR) is 74.0 cm³/mol. The van der Waals surface area contributed by atoms with E-state index in [1.54, 1.807) is 12.3 Å². The summed E-state index contributed by atoms with van der Waals surface area (Å²) >= 11 is 6.09. The monoisotopic (exact) mass is 280 g/mol. The molecule has 19 heavy (non-hydrogen) atoms. The van der Waals surface area contributed by atoms with E-state index in [0.29, 0.717) is 5.56 Å². The number of methoxy groups -OCH3 is 1. The number of phenolic OH excluding ortho intramolecular Hbond substituents is 1. The van der Waals surface area contributed by atoms with Crippen LogP contribution in [0.2, 0.25) is 5.02 Å². The van der Waals surface area contributed by atoms with Gasteiger partial charge in [0.25, 0.3) is 0 Å². The Kier molecular flexibility index (Phi) is 3.62. The lowest BCUT2D eigenvalue weighted by Crippen LogP contribution is -1.97. The van der Waals surface area contributed by atoms with Gasteiger partial charge in [-0.15, -0.1) is 0 Å². The summed E-state index contributed by atoms with van der Waals surface area (Å²) in [6.07, 6.45) is 3.21. The van der Waals surface area contributed by atoms with Crippen LogP contribution in [0.25, 0.3) is 0 Å². The molecule has 0 spiro atoms. The number of ether oxygens (including phenoxy) is 1. The second-order valence-corrected chi connectivity index (χ2v) is 4.23. The van der Waals surface area contributed by atoms with E-state index >= 15 is 0 Å². The molecule has 1 aromatic carbocycles. The van der Waals surface area contributed by atoms with Crippen molar-refractivity contribution in [3.63, 3.8) is 0 Å². The van der Waals surface area contributed by atoms with Gasteiger partial charge in [0.05, 0.1) is 30.2 Å². The summed E-state index contributed by atoms with van der Waals surface area (Å²) in [5.41, 5.74) is 7.03. The second kappa shape index (κ2) is 5.19. The van der Waals surface area contributed by atoms with Crippen molar-refractivity contribution in [1.29, 1.82) is 0 Å². The molecule has 0 aliphatic heterocycles. The molecule has 1 heterocycles. The van der Waals surface area contributed by atoms with E-state index in [9.17, 15) is 5.11 Å². The minimum absolute atomic E-state index is 0.0253. The van der Waals surface area contributed by atoms with Crippen molar-refractivity contribution in [2.45, 2.75) is 6.92 Å². The Bertz CT molecular complexity index is 637. The minimum atomic E-state index is -0.0253. The average molecular weight is 281 g/mol. The molecule has 7 heteroatoms. The zero-order chi connectivity index (χ0) is 14.0. The summed E-state index contributed by atoms with van der Waals surface area (Å²) in [5.74, 6) is 0.471. The number of imidazole rings is 1. The van der Waals surface area contributed by atoms with Gasteiger partial charge in [-0.05, 0) is 19.1 Å². The highest BCUT2D eigenvalue weighted by Crippen LogP contribution is 2.35. The number of anilines is 1. The van der Waals surface area contributed by atoms with Gasteiger partial charge >= 0.3 is 0 Å². The molecule has 0 fully saturated rings. The fraction of sp³-hybridized carbons (Fsp3) is 0.167. The van der Waals surface area contributed by atoms with E-state index in [4.69, 9.17) is 22.1 Å². The summed E-state index contributed by atoms with van der Waals surface area (Å²) in [6, 6.07) is 3.11. The van der Waals surface area contributed by atoms with Crippen molar-refractivity contribution in [3.05, 3.63) is 34.6 Å².